The van der Waals surface area contributed by atoms with E-state index >= 15 is 0 Å². The molecule has 0 saturated carbocycles. The number of hydrogen-bond donors (Lipinski definition) is 1. The average molecular weight is 485 g/mol. The molecule has 11 nitrogen and oxygen atoms in total. The number of aliphatic hydroxyl groups excluding tert-OH is 1. The first kappa shape index (κ1) is 24.1. The summed E-state index contributed by atoms with van der Waals surface area (Å²) in [5.41, 5.74) is 1.21. The number of cyclic esters (lactones) is 1. The van der Waals surface area contributed by atoms with Crippen molar-refractivity contribution in [2.75, 3.05) is 43.2 Å². The second-order valence-electron chi connectivity index (χ2n) is 7.90. The molecule has 4 rings (SSSR count). The number of carbonyl (C=O) groups is 3. The minimum absolute atomic E-state index is 0.126. The van der Waals surface area contributed by atoms with Gasteiger partial charge in [0.25, 0.3) is 5.91 Å². The van der Waals surface area contributed by atoms with E-state index in [2.05, 4.69) is 14.8 Å². The third kappa shape index (κ3) is 5.38. The maximum absolute atomic E-state index is 15.0. The van der Waals surface area contributed by atoms with Crippen LogP contribution in [0.15, 0.2) is 41.6 Å². The molecule has 2 amide bonds. The Balaban J connectivity index is 1.42. The van der Waals surface area contributed by atoms with Gasteiger partial charge in [-0.25, -0.2) is 19.2 Å². The number of nitrogens with zero attached hydrogens (tertiary/aromatic N) is 5. The van der Waals surface area contributed by atoms with Crippen LogP contribution < -0.4 is 9.80 Å². The lowest BCUT2D eigenvalue weighted by atomic mass is 10.1. The molecule has 1 N–H and O–H groups in total. The van der Waals surface area contributed by atoms with Gasteiger partial charge in [-0.3, -0.25) is 14.5 Å². The Morgan fingerprint density at radius 3 is 2.71 bits per heavy atom. The molecule has 1 saturated heterocycles. The van der Waals surface area contributed by atoms with Crippen molar-refractivity contribution in [1.29, 1.82) is 0 Å². The Labute approximate surface area is 200 Å². The van der Waals surface area contributed by atoms with E-state index in [0.29, 0.717) is 42.1 Å². The van der Waals surface area contributed by atoms with Crippen LogP contribution in [0.1, 0.15) is 12.8 Å². The molecular weight excluding hydrogens is 461 g/mol. The highest BCUT2D eigenvalue weighted by molar-refractivity contribution is 5.90. The van der Waals surface area contributed by atoms with Crippen LogP contribution in [0.25, 0.3) is 11.1 Å². The van der Waals surface area contributed by atoms with Gasteiger partial charge in [-0.2, -0.15) is 5.10 Å². The first-order valence-electron chi connectivity index (χ1n) is 10.9. The minimum Gasteiger partial charge on any atom is -0.469 e. The fourth-order valence-electron chi connectivity index (χ4n) is 3.77. The zero-order chi connectivity index (χ0) is 24.9. The summed E-state index contributed by atoms with van der Waals surface area (Å²) in [6.45, 7) is 0.349. The summed E-state index contributed by atoms with van der Waals surface area (Å²) in [5, 5.41) is 14.1. The van der Waals surface area contributed by atoms with Gasteiger partial charge < -0.3 is 19.5 Å². The molecule has 0 aliphatic carbocycles. The number of rotatable bonds is 7. The second kappa shape index (κ2) is 10.5. The highest BCUT2D eigenvalue weighted by Crippen LogP contribution is 2.30. The van der Waals surface area contributed by atoms with E-state index in [4.69, 9.17) is 9.84 Å². The van der Waals surface area contributed by atoms with E-state index < -0.39 is 30.5 Å². The molecule has 1 aromatic carbocycles. The van der Waals surface area contributed by atoms with Crippen molar-refractivity contribution in [2.45, 2.75) is 18.9 Å². The van der Waals surface area contributed by atoms with Gasteiger partial charge in [0.15, 0.2) is 0 Å². The number of esters is 1. The van der Waals surface area contributed by atoms with E-state index in [1.54, 1.807) is 29.2 Å². The van der Waals surface area contributed by atoms with Gasteiger partial charge in [-0.05, 0) is 36.8 Å². The van der Waals surface area contributed by atoms with E-state index in [1.807, 2.05) is 0 Å². The van der Waals surface area contributed by atoms with Crippen LogP contribution in [0.2, 0.25) is 0 Å². The molecule has 1 atom stereocenters. The maximum Gasteiger partial charge on any atom is 0.414 e. The van der Waals surface area contributed by atoms with Crippen LogP contribution in [0.3, 0.4) is 0 Å². The standard InChI is InChI=1S/C23H24FN5O6/c1-34-22(32)7-4-17-12-28(23(33)35-17)16-3-5-18(19(24)10-16)15-2-6-20(25-11-15)27-8-9-29(26-14-27)21(31)13-30/h2-3,5-6,10-11,14,17,30H,4,7-9,12-13H2,1H3/t17-/m0/s1. The summed E-state index contributed by atoms with van der Waals surface area (Å²) in [7, 11) is 1.29. The molecule has 1 fully saturated rings. The number of anilines is 2. The van der Waals surface area contributed by atoms with Crippen LogP contribution in [0, 0.1) is 5.82 Å². The molecule has 3 heterocycles. The lowest BCUT2D eigenvalue weighted by Gasteiger charge is -2.27. The number of ether oxygens (including phenoxy) is 2. The highest BCUT2D eigenvalue weighted by Gasteiger charge is 2.33. The number of aromatic nitrogens is 1. The minimum atomic E-state index is -0.608. The van der Waals surface area contributed by atoms with Crippen molar-refractivity contribution in [3.05, 3.63) is 42.3 Å². The summed E-state index contributed by atoms with van der Waals surface area (Å²) < 4.78 is 24.8. The van der Waals surface area contributed by atoms with Crippen molar-refractivity contribution in [3.8, 4) is 11.1 Å². The molecule has 0 unspecified atom stereocenters. The summed E-state index contributed by atoms with van der Waals surface area (Å²) in [6, 6.07) is 7.88. The Kier molecular flexibility index (Phi) is 7.20. The third-order valence-electron chi connectivity index (χ3n) is 5.70. The Morgan fingerprint density at radius 2 is 2.09 bits per heavy atom. The lowest BCUT2D eigenvalue weighted by molar-refractivity contribution is -0.141. The monoisotopic (exact) mass is 485 g/mol. The number of halogens is 1. The number of pyridine rings is 1. The maximum atomic E-state index is 15.0. The topological polar surface area (TPSA) is 125 Å². The predicted octanol–water partition coefficient (Wildman–Crippen LogP) is 1.75. The van der Waals surface area contributed by atoms with Gasteiger partial charge in [0.05, 0.1) is 25.9 Å². The van der Waals surface area contributed by atoms with Crippen molar-refractivity contribution < 1.29 is 33.4 Å². The number of hydrazone groups is 1. The number of aliphatic hydroxyl groups is 1. The highest BCUT2D eigenvalue weighted by atomic mass is 19.1. The van der Waals surface area contributed by atoms with Crippen LogP contribution in [0.4, 0.5) is 20.7 Å². The van der Waals surface area contributed by atoms with Crippen molar-refractivity contribution in [3.63, 3.8) is 0 Å². The van der Waals surface area contributed by atoms with Gasteiger partial charge in [0.1, 0.15) is 30.7 Å². The fraction of sp³-hybridized carbons (Fsp3) is 0.348. The Morgan fingerprint density at radius 1 is 1.26 bits per heavy atom. The van der Waals surface area contributed by atoms with Crippen LogP contribution >= 0.6 is 0 Å². The van der Waals surface area contributed by atoms with Crippen molar-refractivity contribution in [1.82, 2.24) is 9.99 Å². The van der Waals surface area contributed by atoms with Crippen LogP contribution in [-0.2, 0) is 19.1 Å². The number of methoxy groups -OCH3 is 1. The number of amides is 2. The largest absolute Gasteiger partial charge is 0.469 e. The normalized spacial score (nSPS) is 17.5. The average Bonchev–Trinajstić information content (AvgIpc) is 3.27. The van der Waals surface area contributed by atoms with E-state index in [9.17, 15) is 18.8 Å². The zero-order valence-corrected chi connectivity index (χ0v) is 19.0. The summed E-state index contributed by atoms with van der Waals surface area (Å²) in [4.78, 5) is 42.5. The Bertz CT molecular complexity index is 1140. The van der Waals surface area contributed by atoms with E-state index in [0.717, 1.165) is 0 Å². The number of carbonyl (C=O) groups excluding carboxylic acids is 3. The van der Waals surface area contributed by atoms with Gasteiger partial charge in [0.2, 0.25) is 0 Å². The van der Waals surface area contributed by atoms with Crippen LogP contribution in [-0.4, -0.2) is 78.9 Å². The third-order valence-corrected chi connectivity index (χ3v) is 5.70. The molecular formula is C23H24FN5O6. The molecule has 2 aromatic rings. The molecule has 1 aromatic heterocycles. The van der Waals surface area contributed by atoms with Crippen molar-refractivity contribution in [2.24, 2.45) is 5.10 Å². The summed E-state index contributed by atoms with van der Waals surface area (Å²) in [6.07, 6.45) is 2.35. The van der Waals surface area contributed by atoms with E-state index in [-0.39, 0.29) is 18.9 Å². The van der Waals surface area contributed by atoms with Crippen LogP contribution in [0.5, 0.6) is 0 Å². The van der Waals surface area contributed by atoms with Gasteiger partial charge in [0, 0.05) is 30.3 Å². The molecule has 35 heavy (non-hydrogen) atoms. The molecule has 2 aliphatic rings. The first-order chi connectivity index (χ1) is 16.9. The SMILES string of the molecule is COC(=O)CC[C@H]1CN(c2ccc(-c3ccc(N4C=NN(C(=O)CO)CC4)nc3)c(F)c2)C(=O)O1. The Hall–Kier alpha value is -4.06. The first-order valence-corrected chi connectivity index (χ1v) is 10.9. The quantitative estimate of drug-likeness (QED) is 0.588. The smallest absolute Gasteiger partial charge is 0.414 e. The van der Waals surface area contributed by atoms with E-state index in [1.165, 1.54) is 35.6 Å². The number of benzene rings is 1. The van der Waals surface area contributed by atoms with Gasteiger partial charge >= 0.3 is 12.1 Å². The molecule has 184 valence electrons. The molecule has 12 heteroatoms. The molecule has 0 spiro atoms. The predicted molar refractivity (Wildman–Crippen MR) is 123 cm³/mol. The fourth-order valence-corrected chi connectivity index (χ4v) is 3.77. The molecule has 0 bridgehead atoms. The van der Waals surface area contributed by atoms with Gasteiger partial charge in [-0.1, -0.05) is 0 Å². The summed E-state index contributed by atoms with van der Waals surface area (Å²) in [5.74, 6) is -0.827. The van der Waals surface area contributed by atoms with Gasteiger partial charge in [-0.15, -0.1) is 0 Å². The second-order valence-corrected chi connectivity index (χ2v) is 7.90. The molecule has 0 radical (unpaired) electrons. The molecule has 2 aliphatic heterocycles. The summed E-state index contributed by atoms with van der Waals surface area (Å²) >= 11 is 0. The zero-order valence-electron chi connectivity index (χ0n) is 19.0. The number of hydrogen-bond acceptors (Lipinski definition) is 9. The lowest BCUT2D eigenvalue weighted by Crippen LogP contribution is -2.41. The van der Waals surface area contributed by atoms with Crippen molar-refractivity contribution >= 4 is 35.8 Å².